The molecular weight excluding hydrogens is 222 g/mol. The number of alkyl carbamates (subject to hydrolysis) is 1. The molecule has 0 aliphatic carbocycles. The fraction of sp³-hybridized carbons (Fsp3) is 0.700. The number of hydrogen-bond donors (Lipinski definition) is 2. The number of rotatable bonds is 6. The Labute approximate surface area is 99.5 Å². The predicted molar refractivity (Wildman–Crippen MR) is 60.3 cm³/mol. The first kappa shape index (κ1) is 11.8. The molecule has 1 aliphatic rings. The minimum atomic E-state index is -0.361. The van der Waals surface area contributed by atoms with Gasteiger partial charge in [-0.2, -0.15) is 0 Å². The molecular formula is C10H17N5O2. The zero-order valence-electron chi connectivity index (χ0n) is 9.85. The number of nitrogens with zero attached hydrogens (tertiary/aromatic N) is 3. The number of hydrogen-bond acceptors (Lipinski definition) is 5. The van der Waals surface area contributed by atoms with Crippen molar-refractivity contribution in [3.63, 3.8) is 0 Å². The fourth-order valence-electron chi connectivity index (χ4n) is 1.64. The number of carbonyl (C=O) groups is 1. The molecule has 1 amide bonds. The van der Waals surface area contributed by atoms with Gasteiger partial charge in [0.25, 0.3) is 0 Å². The maximum Gasteiger partial charge on any atom is 0.407 e. The number of cyclic esters (lactones) is 1. The molecule has 1 unspecified atom stereocenters. The van der Waals surface area contributed by atoms with Gasteiger partial charge in [-0.15, -0.1) is 5.10 Å². The van der Waals surface area contributed by atoms with Crippen molar-refractivity contribution in [2.24, 2.45) is 0 Å². The highest BCUT2D eigenvalue weighted by atomic mass is 16.6. The Balaban J connectivity index is 1.79. The van der Waals surface area contributed by atoms with E-state index in [4.69, 9.17) is 4.74 Å². The summed E-state index contributed by atoms with van der Waals surface area (Å²) in [7, 11) is 0. The third-order valence-electron chi connectivity index (χ3n) is 2.46. The van der Waals surface area contributed by atoms with Gasteiger partial charge in [-0.1, -0.05) is 12.1 Å². The van der Waals surface area contributed by atoms with Gasteiger partial charge in [0.05, 0.1) is 18.8 Å². The molecule has 2 heterocycles. The summed E-state index contributed by atoms with van der Waals surface area (Å²) in [5, 5.41) is 13.9. The molecule has 2 N–H and O–H groups in total. The quantitative estimate of drug-likeness (QED) is 0.677. The summed E-state index contributed by atoms with van der Waals surface area (Å²) in [5.74, 6) is 0. The van der Waals surface area contributed by atoms with Crippen molar-refractivity contribution in [1.82, 2.24) is 25.6 Å². The van der Waals surface area contributed by atoms with E-state index in [0.717, 1.165) is 25.2 Å². The maximum absolute atomic E-state index is 10.8. The second kappa shape index (κ2) is 5.62. The Kier molecular flexibility index (Phi) is 3.92. The molecule has 0 bridgehead atoms. The number of amides is 1. The lowest BCUT2D eigenvalue weighted by atomic mass is 10.3. The number of aromatic nitrogens is 3. The molecule has 1 aliphatic heterocycles. The molecule has 0 spiro atoms. The molecule has 1 aromatic heterocycles. The molecule has 17 heavy (non-hydrogen) atoms. The lowest BCUT2D eigenvalue weighted by molar-refractivity contribution is 0.128. The standard InChI is InChI=1S/C10H17N5O2/c1-2-3-11-4-8-6-15(14-13-8)7-9-5-12-10(16)17-9/h6,9,11H,2-5,7H2,1H3,(H,12,16). The van der Waals surface area contributed by atoms with Crippen LogP contribution < -0.4 is 10.6 Å². The smallest absolute Gasteiger partial charge is 0.407 e. The minimum Gasteiger partial charge on any atom is -0.442 e. The maximum atomic E-state index is 10.8. The highest BCUT2D eigenvalue weighted by Crippen LogP contribution is 2.03. The average Bonchev–Trinajstić information content (AvgIpc) is 2.90. The largest absolute Gasteiger partial charge is 0.442 e. The molecule has 0 radical (unpaired) electrons. The van der Waals surface area contributed by atoms with E-state index in [1.165, 1.54) is 0 Å². The zero-order valence-corrected chi connectivity index (χ0v) is 9.85. The Morgan fingerprint density at radius 1 is 1.71 bits per heavy atom. The van der Waals surface area contributed by atoms with Gasteiger partial charge in [0, 0.05) is 12.7 Å². The Morgan fingerprint density at radius 2 is 2.59 bits per heavy atom. The number of ether oxygens (including phenoxy) is 1. The highest BCUT2D eigenvalue weighted by molar-refractivity contribution is 5.69. The number of nitrogens with one attached hydrogen (secondary N) is 2. The van der Waals surface area contributed by atoms with Gasteiger partial charge in [-0.3, -0.25) is 0 Å². The zero-order chi connectivity index (χ0) is 12.1. The van der Waals surface area contributed by atoms with Gasteiger partial charge in [0.1, 0.15) is 6.10 Å². The minimum absolute atomic E-state index is 0.152. The van der Waals surface area contributed by atoms with E-state index < -0.39 is 0 Å². The van der Waals surface area contributed by atoms with Crippen molar-refractivity contribution >= 4 is 6.09 Å². The summed E-state index contributed by atoms with van der Waals surface area (Å²) >= 11 is 0. The van der Waals surface area contributed by atoms with Gasteiger partial charge in [-0.25, -0.2) is 9.48 Å². The molecule has 7 heteroatoms. The van der Waals surface area contributed by atoms with E-state index in [9.17, 15) is 4.79 Å². The molecule has 2 rings (SSSR count). The number of carbonyl (C=O) groups excluding carboxylic acids is 1. The van der Waals surface area contributed by atoms with Crippen molar-refractivity contribution in [2.45, 2.75) is 32.5 Å². The van der Waals surface area contributed by atoms with Crippen LogP contribution in [0.2, 0.25) is 0 Å². The second-order valence-electron chi connectivity index (χ2n) is 4.02. The van der Waals surface area contributed by atoms with Gasteiger partial charge >= 0.3 is 6.09 Å². The molecule has 94 valence electrons. The second-order valence-corrected chi connectivity index (χ2v) is 4.02. The SMILES string of the molecule is CCCNCc1cn(CC2CNC(=O)O2)nn1. The predicted octanol–water partition coefficient (Wildman–Crippen LogP) is -0.114. The molecule has 1 fully saturated rings. The van der Waals surface area contributed by atoms with Gasteiger partial charge in [0.2, 0.25) is 0 Å². The Bertz CT molecular complexity index is 379. The van der Waals surface area contributed by atoms with E-state index >= 15 is 0 Å². The monoisotopic (exact) mass is 239 g/mol. The van der Waals surface area contributed by atoms with Crippen LogP contribution in [0.25, 0.3) is 0 Å². The van der Waals surface area contributed by atoms with E-state index in [1.807, 2.05) is 6.20 Å². The van der Waals surface area contributed by atoms with Crippen LogP contribution in [0.1, 0.15) is 19.0 Å². The molecule has 1 aromatic rings. The molecule has 1 atom stereocenters. The third kappa shape index (κ3) is 3.42. The van der Waals surface area contributed by atoms with Crippen LogP contribution in [0.3, 0.4) is 0 Å². The summed E-state index contributed by atoms with van der Waals surface area (Å²) in [6.45, 7) is 4.88. The van der Waals surface area contributed by atoms with Crippen molar-refractivity contribution in [3.05, 3.63) is 11.9 Å². The van der Waals surface area contributed by atoms with Crippen molar-refractivity contribution < 1.29 is 9.53 Å². The van der Waals surface area contributed by atoms with Crippen LogP contribution in [0.15, 0.2) is 6.20 Å². The Hall–Kier alpha value is -1.63. The van der Waals surface area contributed by atoms with Crippen molar-refractivity contribution in [1.29, 1.82) is 0 Å². The van der Waals surface area contributed by atoms with Gasteiger partial charge < -0.3 is 15.4 Å². The highest BCUT2D eigenvalue weighted by Gasteiger charge is 2.23. The van der Waals surface area contributed by atoms with Crippen molar-refractivity contribution in [2.75, 3.05) is 13.1 Å². The van der Waals surface area contributed by atoms with E-state index in [-0.39, 0.29) is 12.2 Å². The average molecular weight is 239 g/mol. The van der Waals surface area contributed by atoms with Crippen LogP contribution in [0.5, 0.6) is 0 Å². The summed E-state index contributed by atoms with van der Waals surface area (Å²) in [4.78, 5) is 10.8. The van der Waals surface area contributed by atoms with Gasteiger partial charge in [-0.05, 0) is 13.0 Å². The van der Waals surface area contributed by atoms with Crippen LogP contribution in [-0.2, 0) is 17.8 Å². The lowest BCUT2D eigenvalue weighted by Gasteiger charge is -2.05. The topological polar surface area (TPSA) is 81.1 Å². The Morgan fingerprint density at radius 3 is 3.29 bits per heavy atom. The first-order valence-corrected chi connectivity index (χ1v) is 5.82. The third-order valence-corrected chi connectivity index (χ3v) is 2.46. The fourth-order valence-corrected chi connectivity index (χ4v) is 1.64. The summed E-state index contributed by atoms with van der Waals surface area (Å²) < 4.78 is 6.72. The molecule has 0 saturated carbocycles. The van der Waals surface area contributed by atoms with E-state index in [0.29, 0.717) is 13.1 Å². The molecule has 1 saturated heterocycles. The van der Waals surface area contributed by atoms with E-state index in [1.54, 1.807) is 4.68 Å². The van der Waals surface area contributed by atoms with Crippen LogP contribution in [-0.4, -0.2) is 40.3 Å². The summed E-state index contributed by atoms with van der Waals surface area (Å²) in [6.07, 6.45) is 2.45. The normalized spacial score (nSPS) is 19.1. The van der Waals surface area contributed by atoms with Crippen molar-refractivity contribution in [3.8, 4) is 0 Å². The van der Waals surface area contributed by atoms with E-state index in [2.05, 4.69) is 27.9 Å². The molecule has 0 aromatic carbocycles. The summed E-state index contributed by atoms with van der Waals surface area (Å²) in [6, 6.07) is 0. The van der Waals surface area contributed by atoms with Crippen LogP contribution in [0, 0.1) is 0 Å². The first-order valence-electron chi connectivity index (χ1n) is 5.82. The van der Waals surface area contributed by atoms with Crippen LogP contribution >= 0.6 is 0 Å². The summed E-state index contributed by atoms with van der Waals surface area (Å²) in [5.41, 5.74) is 0.899. The molecule has 7 nitrogen and oxygen atoms in total. The van der Waals surface area contributed by atoms with Crippen LogP contribution in [0.4, 0.5) is 4.79 Å². The van der Waals surface area contributed by atoms with Gasteiger partial charge in [0.15, 0.2) is 0 Å². The lowest BCUT2D eigenvalue weighted by Crippen LogP contribution is -2.20. The first-order chi connectivity index (χ1) is 8.28.